The monoisotopic (exact) mass is 425 g/mol. The molecule has 2 aromatic rings. The summed E-state index contributed by atoms with van der Waals surface area (Å²) in [4.78, 5) is 43.7. The van der Waals surface area contributed by atoms with E-state index >= 15 is 0 Å². The van der Waals surface area contributed by atoms with Gasteiger partial charge in [0.2, 0.25) is 24.5 Å². The van der Waals surface area contributed by atoms with E-state index in [1.807, 2.05) is 35.7 Å². The highest BCUT2D eigenvalue weighted by atomic mass is 32.1. The van der Waals surface area contributed by atoms with Gasteiger partial charge >= 0.3 is 0 Å². The van der Waals surface area contributed by atoms with Gasteiger partial charge in [0.1, 0.15) is 6.04 Å². The molecular formula is C21H19N3O5S. The first kappa shape index (κ1) is 18.8. The summed E-state index contributed by atoms with van der Waals surface area (Å²) >= 11 is 1.27. The third kappa shape index (κ3) is 3.06. The number of hydrogen-bond acceptors (Lipinski definition) is 7. The van der Waals surface area contributed by atoms with Gasteiger partial charge < -0.3 is 14.8 Å². The van der Waals surface area contributed by atoms with Crippen molar-refractivity contribution >= 4 is 34.2 Å². The second-order valence-corrected chi connectivity index (χ2v) is 8.33. The average Bonchev–Trinajstić information content (AvgIpc) is 3.46. The van der Waals surface area contributed by atoms with Crippen LogP contribution in [0.15, 0.2) is 35.7 Å². The molecule has 0 radical (unpaired) electrons. The first-order chi connectivity index (χ1) is 14.5. The lowest BCUT2D eigenvalue weighted by Crippen LogP contribution is -2.46. The highest BCUT2D eigenvalue weighted by molar-refractivity contribution is 7.14. The minimum absolute atomic E-state index is 0.195. The van der Waals surface area contributed by atoms with Gasteiger partial charge in [0, 0.05) is 10.9 Å². The predicted octanol–water partition coefficient (Wildman–Crippen LogP) is 2.82. The number of ether oxygens (including phenoxy) is 2. The van der Waals surface area contributed by atoms with Crippen molar-refractivity contribution in [1.29, 1.82) is 0 Å². The van der Waals surface area contributed by atoms with Gasteiger partial charge in [0.05, 0.1) is 17.5 Å². The van der Waals surface area contributed by atoms with Gasteiger partial charge in [-0.2, -0.15) is 0 Å². The Morgan fingerprint density at radius 3 is 2.60 bits per heavy atom. The molecule has 0 bridgehead atoms. The van der Waals surface area contributed by atoms with Crippen molar-refractivity contribution in [3.63, 3.8) is 0 Å². The fourth-order valence-electron chi connectivity index (χ4n) is 4.05. The molecule has 1 fully saturated rings. The highest BCUT2D eigenvalue weighted by Gasteiger charge is 2.50. The maximum absolute atomic E-state index is 12.8. The van der Waals surface area contributed by atoms with E-state index in [9.17, 15) is 14.4 Å². The van der Waals surface area contributed by atoms with Gasteiger partial charge in [-0.05, 0) is 38.0 Å². The molecule has 8 nitrogen and oxygen atoms in total. The number of rotatable bonds is 4. The van der Waals surface area contributed by atoms with Crippen LogP contribution in [0.1, 0.15) is 19.8 Å². The number of carbonyl (C=O) groups is 3. The lowest BCUT2D eigenvalue weighted by atomic mass is 9.85. The number of allylic oxidation sites excluding steroid dienone is 2. The summed E-state index contributed by atoms with van der Waals surface area (Å²) in [5.41, 5.74) is 1.53. The summed E-state index contributed by atoms with van der Waals surface area (Å²) in [5.74, 6) is -0.330. The van der Waals surface area contributed by atoms with Crippen LogP contribution in [0, 0.1) is 11.8 Å². The van der Waals surface area contributed by atoms with Crippen molar-refractivity contribution in [3.05, 3.63) is 35.7 Å². The van der Waals surface area contributed by atoms with Crippen molar-refractivity contribution in [3.8, 4) is 22.8 Å². The van der Waals surface area contributed by atoms with E-state index in [1.54, 1.807) is 6.92 Å². The second kappa shape index (κ2) is 7.24. The minimum Gasteiger partial charge on any atom is -0.454 e. The predicted molar refractivity (Wildman–Crippen MR) is 109 cm³/mol. The number of aromatic nitrogens is 1. The van der Waals surface area contributed by atoms with Crippen LogP contribution in [0.5, 0.6) is 11.5 Å². The quantitative estimate of drug-likeness (QED) is 0.598. The smallest absolute Gasteiger partial charge is 0.249 e. The molecular weight excluding hydrogens is 406 g/mol. The standard InChI is InChI=1S/C21H19N3O5S/c1-11(24-19(26)13-4-2-3-5-14(13)20(24)27)18(25)23-21-22-15(9-30-21)12-6-7-16-17(8-12)29-10-28-16/h2-3,6-9,11,13-14H,4-5,10H2,1H3,(H,22,23,25)/t11-,13-,14+/m0/s1. The Hall–Kier alpha value is -3.20. The fraction of sp³-hybridized carbons (Fsp3) is 0.333. The first-order valence-corrected chi connectivity index (χ1v) is 10.6. The van der Waals surface area contributed by atoms with Gasteiger partial charge in [0.25, 0.3) is 0 Å². The largest absolute Gasteiger partial charge is 0.454 e. The molecule has 154 valence electrons. The van der Waals surface area contributed by atoms with E-state index in [-0.39, 0.29) is 30.4 Å². The SMILES string of the molecule is C[C@@H](C(=O)Nc1nc(-c2ccc3c(c2)OCO3)cs1)N1C(=O)[C@H]2CC=CC[C@H]2C1=O. The molecule has 2 aliphatic heterocycles. The summed E-state index contributed by atoms with van der Waals surface area (Å²) in [6.45, 7) is 1.77. The van der Waals surface area contributed by atoms with E-state index in [2.05, 4.69) is 10.3 Å². The van der Waals surface area contributed by atoms with E-state index in [1.165, 1.54) is 11.3 Å². The van der Waals surface area contributed by atoms with Crippen molar-refractivity contribution < 1.29 is 23.9 Å². The van der Waals surface area contributed by atoms with E-state index in [4.69, 9.17) is 9.47 Å². The molecule has 1 saturated heterocycles. The molecule has 3 amide bonds. The maximum atomic E-state index is 12.8. The molecule has 1 aliphatic carbocycles. The molecule has 9 heteroatoms. The summed E-state index contributed by atoms with van der Waals surface area (Å²) < 4.78 is 10.7. The normalized spacial score (nSPS) is 22.9. The second-order valence-electron chi connectivity index (χ2n) is 7.47. The minimum atomic E-state index is -0.895. The Morgan fingerprint density at radius 2 is 1.87 bits per heavy atom. The molecule has 30 heavy (non-hydrogen) atoms. The average molecular weight is 425 g/mol. The van der Waals surface area contributed by atoms with Crippen LogP contribution in [0.2, 0.25) is 0 Å². The van der Waals surface area contributed by atoms with Crippen molar-refractivity contribution in [2.24, 2.45) is 11.8 Å². The molecule has 0 spiro atoms. The number of fused-ring (bicyclic) bond motifs is 2. The van der Waals surface area contributed by atoms with Crippen LogP contribution in [-0.4, -0.2) is 40.4 Å². The number of hydrogen-bond donors (Lipinski definition) is 1. The van der Waals surface area contributed by atoms with Crippen LogP contribution in [-0.2, 0) is 14.4 Å². The number of imide groups is 1. The Kier molecular flexibility index (Phi) is 4.54. The molecule has 3 heterocycles. The summed E-state index contributed by atoms with van der Waals surface area (Å²) in [6, 6.07) is 4.63. The molecule has 1 N–H and O–H groups in total. The number of thiazole rings is 1. The van der Waals surface area contributed by atoms with Crippen molar-refractivity contribution in [2.75, 3.05) is 12.1 Å². The van der Waals surface area contributed by atoms with Crippen LogP contribution in [0.25, 0.3) is 11.3 Å². The lowest BCUT2D eigenvalue weighted by Gasteiger charge is -2.21. The molecule has 1 aromatic heterocycles. The number of nitrogens with one attached hydrogen (secondary N) is 1. The van der Waals surface area contributed by atoms with Gasteiger partial charge in [-0.25, -0.2) is 4.98 Å². The molecule has 5 rings (SSSR count). The lowest BCUT2D eigenvalue weighted by molar-refractivity contribution is -0.146. The Morgan fingerprint density at radius 1 is 1.17 bits per heavy atom. The third-order valence-electron chi connectivity index (χ3n) is 5.71. The van der Waals surface area contributed by atoms with E-state index in [0.717, 1.165) is 10.5 Å². The summed E-state index contributed by atoms with van der Waals surface area (Å²) in [5, 5.41) is 4.96. The van der Waals surface area contributed by atoms with Gasteiger partial charge in [-0.15, -0.1) is 11.3 Å². The zero-order chi connectivity index (χ0) is 20.8. The number of carbonyl (C=O) groups excluding carboxylic acids is 3. The van der Waals surface area contributed by atoms with Crippen molar-refractivity contribution in [2.45, 2.75) is 25.8 Å². The summed E-state index contributed by atoms with van der Waals surface area (Å²) in [6.07, 6.45) is 4.94. The number of benzene rings is 1. The molecule has 3 atom stereocenters. The Bertz CT molecular complexity index is 1050. The number of anilines is 1. The van der Waals surface area contributed by atoms with Gasteiger partial charge in [-0.3, -0.25) is 19.3 Å². The molecule has 1 aromatic carbocycles. The topological polar surface area (TPSA) is 97.8 Å². The van der Waals surface area contributed by atoms with Gasteiger partial charge in [0.15, 0.2) is 16.6 Å². The number of likely N-dealkylation sites (tertiary alicyclic amines) is 1. The van der Waals surface area contributed by atoms with Crippen LogP contribution >= 0.6 is 11.3 Å². The highest BCUT2D eigenvalue weighted by Crippen LogP contribution is 2.38. The number of nitrogens with zero attached hydrogens (tertiary/aromatic N) is 2. The van der Waals surface area contributed by atoms with Crippen molar-refractivity contribution in [1.82, 2.24) is 9.88 Å². The molecule has 3 aliphatic rings. The zero-order valence-electron chi connectivity index (χ0n) is 16.2. The maximum Gasteiger partial charge on any atom is 0.249 e. The van der Waals surface area contributed by atoms with Crippen LogP contribution in [0.4, 0.5) is 5.13 Å². The van der Waals surface area contributed by atoms with Crippen LogP contribution in [0.3, 0.4) is 0 Å². The van der Waals surface area contributed by atoms with Crippen LogP contribution < -0.4 is 14.8 Å². The molecule has 0 unspecified atom stereocenters. The fourth-order valence-corrected chi connectivity index (χ4v) is 4.78. The first-order valence-electron chi connectivity index (χ1n) is 9.71. The third-order valence-corrected chi connectivity index (χ3v) is 6.47. The Labute approximate surface area is 176 Å². The summed E-state index contributed by atoms with van der Waals surface area (Å²) in [7, 11) is 0. The molecule has 0 saturated carbocycles. The Balaban J connectivity index is 1.29. The van der Waals surface area contributed by atoms with Gasteiger partial charge in [-0.1, -0.05) is 12.2 Å². The van der Waals surface area contributed by atoms with E-state index in [0.29, 0.717) is 35.2 Å². The number of amides is 3. The van der Waals surface area contributed by atoms with E-state index < -0.39 is 11.9 Å². The zero-order valence-corrected chi connectivity index (χ0v) is 17.0.